The van der Waals surface area contributed by atoms with Gasteiger partial charge >= 0.3 is 6.03 Å². The number of nitrogens with zero attached hydrogens (tertiary/aromatic N) is 5. The van der Waals surface area contributed by atoms with Gasteiger partial charge in [0.2, 0.25) is 0 Å². The maximum Gasteiger partial charge on any atom is 0.333 e. The standard InChI is InChI=1S/C14H12N6OS2/c21-14(20(22)8-1-2-8)19-12-4-3-9-13(18-12)17-10(5-16-9)11-6-15-7-23-11/h3-8,22H,1-2H2,(H,17,18,19,21). The number of pyridine rings is 1. The van der Waals surface area contributed by atoms with Crippen LogP contribution in [0.3, 0.4) is 0 Å². The van der Waals surface area contributed by atoms with Crippen molar-refractivity contribution >= 4 is 47.2 Å². The van der Waals surface area contributed by atoms with Crippen molar-refractivity contribution in [2.75, 3.05) is 5.32 Å². The minimum Gasteiger partial charge on any atom is -0.291 e. The number of carbonyl (C=O) groups is 1. The van der Waals surface area contributed by atoms with Gasteiger partial charge in [-0.2, -0.15) is 0 Å². The predicted octanol–water partition coefficient (Wildman–Crippen LogP) is 2.99. The molecule has 3 heterocycles. The van der Waals surface area contributed by atoms with Gasteiger partial charge in [0.15, 0.2) is 5.65 Å². The number of hydrogen-bond donors (Lipinski definition) is 2. The lowest BCUT2D eigenvalue weighted by atomic mass is 10.3. The van der Waals surface area contributed by atoms with Crippen LogP contribution in [0, 0.1) is 0 Å². The normalized spacial score (nSPS) is 14.0. The van der Waals surface area contributed by atoms with Gasteiger partial charge in [-0.05, 0) is 25.0 Å². The van der Waals surface area contributed by atoms with Crippen LogP contribution in [0.25, 0.3) is 21.7 Å². The van der Waals surface area contributed by atoms with Gasteiger partial charge in [-0.25, -0.2) is 14.8 Å². The highest BCUT2D eigenvalue weighted by Gasteiger charge is 2.30. The van der Waals surface area contributed by atoms with Gasteiger partial charge in [0, 0.05) is 12.2 Å². The van der Waals surface area contributed by atoms with Crippen molar-refractivity contribution in [3.63, 3.8) is 0 Å². The highest BCUT2D eigenvalue weighted by Crippen LogP contribution is 2.28. The fourth-order valence-corrected chi connectivity index (χ4v) is 2.94. The highest BCUT2D eigenvalue weighted by molar-refractivity contribution is 7.78. The maximum absolute atomic E-state index is 12.0. The second-order valence-corrected chi connectivity index (χ2v) is 6.48. The maximum atomic E-state index is 12.0. The Balaban J connectivity index is 1.62. The van der Waals surface area contributed by atoms with E-state index in [1.807, 2.05) is 0 Å². The molecule has 0 aliphatic heterocycles. The molecule has 0 bridgehead atoms. The second-order valence-electron chi connectivity index (χ2n) is 5.17. The monoisotopic (exact) mass is 344 g/mol. The number of rotatable bonds is 3. The SMILES string of the molecule is O=C(Nc1ccc2ncc(-c3cncs3)nc2n1)N(S)C1CC1. The summed E-state index contributed by atoms with van der Waals surface area (Å²) in [5.41, 5.74) is 3.60. The van der Waals surface area contributed by atoms with E-state index in [0.717, 1.165) is 17.7 Å². The topological polar surface area (TPSA) is 83.9 Å². The number of thiazole rings is 1. The Bertz CT molecular complexity index is 865. The number of amides is 2. The van der Waals surface area contributed by atoms with Crippen LogP contribution in [0.1, 0.15) is 12.8 Å². The van der Waals surface area contributed by atoms with E-state index in [0.29, 0.717) is 22.7 Å². The van der Waals surface area contributed by atoms with E-state index in [4.69, 9.17) is 0 Å². The van der Waals surface area contributed by atoms with Crippen molar-refractivity contribution in [3.05, 3.63) is 30.0 Å². The van der Waals surface area contributed by atoms with Crippen LogP contribution in [-0.2, 0) is 0 Å². The Hall–Kier alpha value is -2.26. The van der Waals surface area contributed by atoms with Crippen molar-refractivity contribution in [1.82, 2.24) is 24.2 Å². The second kappa shape index (κ2) is 5.74. The zero-order valence-corrected chi connectivity index (χ0v) is 13.6. The van der Waals surface area contributed by atoms with Crippen molar-refractivity contribution in [3.8, 4) is 10.6 Å². The number of fused-ring (bicyclic) bond motifs is 1. The van der Waals surface area contributed by atoms with Gasteiger partial charge in [-0.3, -0.25) is 19.6 Å². The lowest BCUT2D eigenvalue weighted by molar-refractivity contribution is 0.238. The minimum atomic E-state index is -0.283. The van der Waals surface area contributed by atoms with Gasteiger partial charge in [0.1, 0.15) is 17.0 Å². The molecule has 4 rings (SSSR count). The number of carbonyl (C=O) groups excluding carboxylic acids is 1. The number of urea groups is 1. The molecular weight excluding hydrogens is 332 g/mol. The largest absolute Gasteiger partial charge is 0.333 e. The van der Waals surface area contributed by atoms with E-state index in [2.05, 4.69) is 38.1 Å². The number of anilines is 1. The molecule has 1 saturated carbocycles. The highest BCUT2D eigenvalue weighted by atomic mass is 32.1. The average Bonchev–Trinajstić information content (AvgIpc) is 3.27. The molecule has 7 nitrogen and oxygen atoms in total. The molecule has 2 amide bonds. The van der Waals surface area contributed by atoms with Crippen LogP contribution < -0.4 is 5.32 Å². The Labute approximate surface area is 141 Å². The van der Waals surface area contributed by atoms with Gasteiger partial charge < -0.3 is 0 Å². The summed E-state index contributed by atoms with van der Waals surface area (Å²) in [6.45, 7) is 0. The average molecular weight is 344 g/mol. The lowest BCUT2D eigenvalue weighted by Crippen LogP contribution is -2.29. The molecule has 3 aromatic heterocycles. The number of hydrogen-bond acceptors (Lipinski definition) is 7. The molecule has 1 N–H and O–H groups in total. The van der Waals surface area contributed by atoms with E-state index in [-0.39, 0.29) is 12.1 Å². The molecule has 0 aromatic carbocycles. The molecule has 9 heteroatoms. The van der Waals surface area contributed by atoms with Crippen LogP contribution in [0.2, 0.25) is 0 Å². The fourth-order valence-electron chi connectivity index (χ4n) is 2.08. The van der Waals surface area contributed by atoms with E-state index in [9.17, 15) is 4.79 Å². The first-order valence-electron chi connectivity index (χ1n) is 7.02. The Morgan fingerprint density at radius 1 is 1.30 bits per heavy atom. The van der Waals surface area contributed by atoms with Crippen LogP contribution >= 0.6 is 24.2 Å². The third-order valence-corrected chi connectivity index (χ3v) is 4.73. The molecule has 0 saturated heterocycles. The number of aromatic nitrogens is 4. The number of thiol groups is 1. The van der Waals surface area contributed by atoms with Gasteiger partial charge in [-0.1, -0.05) is 12.8 Å². The molecular formula is C14H12N6OS2. The van der Waals surface area contributed by atoms with E-state index in [1.54, 1.807) is 30.0 Å². The summed E-state index contributed by atoms with van der Waals surface area (Å²) in [4.78, 5) is 30.2. The van der Waals surface area contributed by atoms with Gasteiger partial charge in [0.25, 0.3) is 0 Å². The molecule has 1 fully saturated rings. The summed E-state index contributed by atoms with van der Waals surface area (Å²) < 4.78 is 1.41. The fraction of sp³-hybridized carbons (Fsp3) is 0.214. The molecule has 3 aromatic rings. The van der Waals surface area contributed by atoms with Crippen molar-refractivity contribution < 1.29 is 4.79 Å². The predicted molar refractivity (Wildman–Crippen MR) is 91.3 cm³/mol. The molecule has 23 heavy (non-hydrogen) atoms. The smallest absolute Gasteiger partial charge is 0.291 e. The first kappa shape index (κ1) is 14.3. The van der Waals surface area contributed by atoms with Crippen LogP contribution in [0.15, 0.2) is 30.0 Å². The van der Waals surface area contributed by atoms with E-state index in [1.165, 1.54) is 15.6 Å². The zero-order chi connectivity index (χ0) is 15.8. The molecule has 0 spiro atoms. The Morgan fingerprint density at radius 3 is 2.91 bits per heavy atom. The van der Waals surface area contributed by atoms with Crippen LogP contribution in [0.4, 0.5) is 10.6 Å². The van der Waals surface area contributed by atoms with Crippen molar-refractivity contribution in [1.29, 1.82) is 0 Å². The molecule has 116 valence electrons. The van der Waals surface area contributed by atoms with E-state index < -0.39 is 0 Å². The third kappa shape index (κ3) is 2.97. The van der Waals surface area contributed by atoms with Crippen molar-refractivity contribution in [2.45, 2.75) is 18.9 Å². The molecule has 1 aliphatic rings. The Morgan fingerprint density at radius 2 is 2.17 bits per heavy atom. The molecule has 0 radical (unpaired) electrons. The summed E-state index contributed by atoms with van der Waals surface area (Å²) in [6.07, 6.45) is 5.41. The van der Waals surface area contributed by atoms with Gasteiger partial charge in [-0.15, -0.1) is 11.3 Å². The lowest BCUT2D eigenvalue weighted by Gasteiger charge is -2.15. The Kier molecular flexibility index (Phi) is 3.58. The zero-order valence-electron chi connectivity index (χ0n) is 11.9. The molecule has 1 aliphatic carbocycles. The van der Waals surface area contributed by atoms with Gasteiger partial charge in [0.05, 0.1) is 16.6 Å². The third-order valence-electron chi connectivity index (χ3n) is 3.43. The van der Waals surface area contributed by atoms with Crippen LogP contribution in [-0.4, -0.2) is 36.3 Å². The van der Waals surface area contributed by atoms with E-state index >= 15 is 0 Å². The van der Waals surface area contributed by atoms with Crippen LogP contribution in [0.5, 0.6) is 0 Å². The minimum absolute atomic E-state index is 0.219. The summed E-state index contributed by atoms with van der Waals surface area (Å²) in [5, 5.41) is 2.73. The summed E-state index contributed by atoms with van der Waals surface area (Å²) in [6, 6.07) is 3.42. The van der Waals surface area contributed by atoms with Crippen molar-refractivity contribution in [2.24, 2.45) is 0 Å². The molecule has 0 unspecified atom stereocenters. The quantitative estimate of drug-likeness (QED) is 0.714. The number of nitrogens with one attached hydrogen (secondary N) is 1. The summed E-state index contributed by atoms with van der Waals surface area (Å²) >= 11 is 5.69. The first-order chi connectivity index (χ1) is 11.2. The summed E-state index contributed by atoms with van der Waals surface area (Å²) in [5.74, 6) is 0.429. The summed E-state index contributed by atoms with van der Waals surface area (Å²) in [7, 11) is 0. The first-order valence-corrected chi connectivity index (χ1v) is 8.30. The molecule has 0 atom stereocenters.